The van der Waals surface area contributed by atoms with Crippen molar-refractivity contribution in [2.45, 2.75) is 90.0 Å². The molecule has 0 saturated heterocycles. The van der Waals surface area contributed by atoms with E-state index < -0.39 is 92.2 Å². The molecule has 0 N–H and O–H groups in total. The molecular formula is C100H98F11N15. The fourth-order valence-electron chi connectivity index (χ4n) is 14.7. The molecule has 12 aromatic carbocycles. The molecular weight excluding hydrogens is 1620 g/mol. The van der Waals surface area contributed by atoms with Crippen LogP contribution in [0, 0.1) is 191 Å². The zero-order valence-corrected chi connectivity index (χ0v) is 73.3. The van der Waals surface area contributed by atoms with E-state index in [1.165, 1.54) is 68.6 Å². The first-order valence-corrected chi connectivity index (χ1v) is 38.3. The molecule has 0 atom stereocenters. The van der Waals surface area contributed by atoms with Crippen molar-refractivity contribution in [1.29, 1.82) is 0 Å². The highest BCUT2D eigenvalue weighted by Crippen LogP contribution is 2.32. The lowest BCUT2D eigenvalue weighted by Gasteiger charge is -2.07. The molecule has 15 nitrogen and oxygen atoms in total. The highest BCUT2D eigenvalue weighted by molar-refractivity contribution is 5.63. The molecule has 0 saturated carbocycles. The summed E-state index contributed by atoms with van der Waals surface area (Å²) in [6, 6.07) is 61.1. The Morgan fingerprint density at radius 1 is 0.246 bits per heavy atom. The molecule has 0 aliphatic carbocycles. The standard InChI is InChI=1S/C21H26N3.C20H10F6N3.C20H12F4N3.C20H23FN3.C14H12N3.5CH3/c1-13-8-15(3)20(16(4)9-13)23-12-19(7)24(22-23)21-17(5)10-14(2)11-18(21)6;21-11-4-1-5-12(22)18(11)17-10-28(19-13(23)6-2-7-14(19)24)27-29(17)20-15(25)8-3-9-16(20)26;21-14-8-4-9-15(22)19(14)26-12-18(13-6-2-1-3-7-13)27(25-26)20-16(23)10-5-11-17(20)24;1-12-7-14(3)19(15(4)8-12)23-11-17(6)24(22-23)20-16(5)9-13(2)10-18(20)21;1-3-7-13(8-4-1)16-11-12-17(15-16)14-9-5-2-6-10-14;;;;;/h8-12H,1-7H3;1-10H;1-12H;7-11H,1-6H3;1-12H;5*1H3/q5*+1;5*-1. The number of para-hydroxylation sites is 6. The number of nitrogens with zero attached hydrogens (tertiary/aromatic N) is 15. The van der Waals surface area contributed by atoms with Crippen molar-refractivity contribution in [3.8, 4) is 79.4 Å². The van der Waals surface area contributed by atoms with Gasteiger partial charge in [0.15, 0.2) is 135 Å². The first kappa shape index (κ1) is 97.0. The van der Waals surface area contributed by atoms with Crippen LogP contribution in [0.2, 0.25) is 0 Å². The number of aryl methyl sites for hydroxylation is 13. The summed E-state index contributed by atoms with van der Waals surface area (Å²) < 4.78 is 172. The van der Waals surface area contributed by atoms with E-state index in [2.05, 4.69) is 137 Å². The van der Waals surface area contributed by atoms with Gasteiger partial charge < -0.3 is 37.1 Å². The second-order valence-electron chi connectivity index (χ2n) is 29.2. The van der Waals surface area contributed by atoms with Gasteiger partial charge in [-0.2, -0.15) is 0 Å². The maximum Gasteiger partial charge on any atom is 0.227 e. The first-order valence-electron chi connectivity index (χ1n) is 38.3. The van der Waals surface area contributed by atoms with Crippen LogP contribution in [-0.4, -0.2) is 49.5 Å². The van der Waals surface area contributed by atoms with E-state index in [0.29, 0.717) is 20.6 Å². The second-order valence-corrected chi connectivity index (χ2v) is 29.2. The number of rotatable bonds is 12. The lowest BCUT2D eigenvalue weighted by Crippen LogP contribution is -2.35. The smallest absolute Gasteiger partial charge is 0.227 e. The molecule has 26 heteroatoms. The number of hydrogen-bond donors (Lipinski definition) is 0. The van der Waals surface area contributed by atoms with Gasteiger partial charge in [-0.1, -0.05) is 184 Å². The van der Waals surface area contributed by atoms with Gasteiger partial charge >= 0.3 is 0 Å². The Labute approximate surface area is 728 Å². The minimum atomic E-state index is -1.09. The van der Waals surface area contributed by atoms with Crippen molar-refractivity contribution >= 4 is 0 Å². The Balaban J connectivity index is 0.000000195. The van der Waals surface area contributed by atoms with Crippen LogP contribution in [-0.2, 0) is 0 Å². The lowest BCUT2D eigenvalue weighted by atomic mass is 10.1. The van der Waals surface area contributed by atoms with Gasteiger partial charge in [0.1, 0.15) is 37.7 Å². The maximum absolute atomic E-state index is 14.5. The highest BCUT2D eigenvalue weighted by Gasteiger charge is 2.34. The van der Waals surface area contributed by atoms with E-state index in [-0.39, 0.29) is 48.6 Å². The number of halogens is 11. The summed E-state index contributed by atoms with van der Waals surface area (Å²) in [6.45, 7) is 27.0. The summed E-state index contributed by atoms with van der Waals surface area (Å²) in [6.07, 6.45) is 10.2. The van der Waals surface area contributed by atoms with Crippen LogP contribution in [0.1, 0.15) is 72.6 Å². The van der Waals surface area contributed by atoms with Crippen LogP contribution in [0.25, 0.3) is 79.4 Å². The molecule has 650 valence electrons. The Hall–Kier alpha value is -14.4. The minimum Gasteiger partial charge on any atom is -0.358 e. The van der Waals surface area contributed by atoms with Gasteiger partial charge in [0, 0.05) is 25.0 Å². The number of aromatic nitrogens is 15. The fraction of sp³-hybridized carbons (Fsp3) is 0.130. The number of hydrogen-bond acceptors (Lipinski definition) is 5. The van der Waals surface area contributed by atoms with Crippen LogP contribution >= 0.6 is 0 Å². The van der Waals surface area contributed by atoms with Crippen molar-refractivity contribution in [3.63, 3.8) is 0 Å². The molecule has 0 fully saturated rings. The third kappa shape index (κ3) is 20.9. The summed E-state index contributed by atoms with van der Waals surface area (Å²) in [7, 11) is 0. The summed E-state index contributed by atoms with van der Waals surface area (Å²) in [5, 5.41) is 21.9. The molecule has 0 spiro atoms. The maximum atomic E-state index is 14.5. The molecule has 0 aliphatic heterocycles. The van der Waals surface area contributed by atoms with E-state index in [1.807, 2.05) is 125 Å². The molecule has 0 amide bonds. The predicted molar refractivity (Wildman–Crippen MR) is 470 cm³/mol. The largest absolute Gasteiger partial charge is 0.358 e. The number of benzene rings is 12. The quantitative estimate of drug-likeness (QED) is 0.0688. The second kappa shape index (κ2) is 41.6. The molecule has 0 bridgehead atoms. The summed E-state index contributed by atoms with van der Waals surface area (Å²) >= 11 is 0. The Bertz CT molecular complexity index is 6200. The molecule has 5 heterocycles. The predicted octanol–water partition coefficient (Wildman–Crippen LogP) is 21.9. The van der Waals surface area contributed by atoms with Crippen LogP contribution in [0.3, 0.4) is 0 Å². The van der Waals surface area contributed by atoms with Gasteiger partial charge in [-0.3, -0.25) is 0 Å². The zero-order chi connectivity index (χ0) is 86.4. The van der Waals surface area contributed by atoms with Crippen molar-refractivity contribution in [3.05, 3.63) is 441 Å². The fourth-order valence-corrected chi connectivity index (χ4v) is 14.7. The van der Waals surface area contributed by atoms with Crippen molar-refractivity contribution in [2.75, 3.05) is 0 Å². The molecule has 0 aliphatic rings. The van der Waals surface area contributed by atoms with Gasteiger partial charge in [0.05, 0.1) is 5.56 Å². The van der Waals surface area contributed by atoms with E-state index >= 15 is 0 Å². The van der Waals surface area contributed by atoms with Gasteiger partial charge in [0.2, 0.25) is 34.1 Å². The zero-order valence-electron chi connectivity index (χ0n) is 73.3. The van der Waals surface area contributed by atoms with Gasteiger partial charge in [-0.05, 0) is 206 Å². The Kier molecular flexibility index (Phi) is 32.1. The van der Waals surface area contributed by atoms with Crippen molar-refractivity contribution in [1.82, 2.24) is 49.5 Å². The summed E-state index contributed by atoms with van der Waals surface area (Å²) in [4.78, 5) is 0. The first-order chi connectivity index (χ1) is 57.9. The third-order valence-corrected chi connectivity index (χ3v) is 19.7. The molecule has 5 aromatic heterocycles. The van der Waals surface area contributed by atoms with Crippen LogP contribution in [0.5, 0.6) is 0 Å². The Morgan fingerprint density at radius 3 is 0.952 bits per heavy atom. The normalized spacial score (nSPS) is 10.5. The van der Waals surface area contributed by atoms with Crippen molar-refractivity contribution in [2.24, 2.45) is 0 Å². The van der Waals surface area contributed by atoms with Gasteiger partial charge in [0.25, 0.3) is 0 Å². The minimum absolute atomic E-state index is 0. The van der Waals surface area contributed by atoms with E-state index in [0.717, 1.165) is 145 Å². The van der Waals surface area contributed by atoms with Crippen LogP contribution in [0.4, 0.5) is 48.3 Å². The van der Waals surface area contributed by atoms with Gasteiger partial charge in [-0.25, -0.2) is 48.3 Å². The third-order valence-electron chi connectivity index (χ3n) is 19.7. The van der Waals surface area contributed by atoms with E-state index in [1.54, 1.807) is 41.1 Å². The molecule has 126 heavy (non-hydrogen) atoms. The summed E-state index contributed by atoms with van der Waals surface area (Å²) in [5.74, 6) is -10.00. The molecule has 17 aromatic rings. The van der Waals surface area contributed by atoms with E-state index in [4.69, 9.17) is 5.21 Å². The highest BCUT2D eigenvalue weighted by atomic mass is 19.2. The lowest BCUT2D eigenvalue weighted by molar-refractivity contribution is -0.664. The van der Waals surface area contributed by atoms with Crippen LogP contribution < -0.4 is 23.4 Å². The van der Waals surface area contributed by atoms with Crippen molar-refractivity contribution < 1.29 is 71.7 Å². The molecule has 0 radical (unpaired) electrons. The average Bonchev–Trinajstić information content (AvgIpc) is 1.61. The topological polar surface area (TPSA) is 108 Å². The monoisotopic (exact) mass is 1720 g/mol. The van der Waals surface area contributed by atoms with Gasteiger partial charge in [-0.15, -0.1) is 18.7 Å². The SMILES string of the molecule is Cc1cc(C)c(-[n+]2cc(C)n(-c3c(C)cc(C)cc3F)n2)c(C)c1.Cc1cc(C)c(-n2n[n+](-c3c(C)cc(C)cc3C)cc2C)c(C)c1.Fc1cccc(F)c1-c1c[n+](-c2c(F)cccc2F)nn1-c1c(F)cccc1F.Fc1cccc(F)c1-n1n[n+](-c2c(F)cccc2F)cc1-c1ccccc1.[CH3-].[CH3-].[CH3-].[CH3-].[CH3-].c1ccc(-n2cc[n+](-c3ccccc3)n2)cc1. The van der Waals surface area contributed by atoms with E-state index in [9.17, 15) is 48.3 Å². The summed E-state index contributed by atoms with van der Waals surface area (Å²) in [5.41, 5.74) is 18.4. The molecule has 17 rings (SSSR count). The average molecular weight is 1720 g/mol. The molecule has 0 unspecified atom stereocenters. The Morgan fingerprint density at radius 2 is 0.556 bits per heavy atom. The van der Waals surface area contributed by atoms with Crippen LogP contribution in [0.15, 0.2) is 268 Å².